The Balaban J connectivity index is 1.83. The van der Waals surface area contributed by atoms with Crippen LogP contribution < -0.4 is 10.1 Å². The summed E-state index contributed by atoms with van der Waals surface area (Å²) in [4.78, 5) is 25.0. The van der Waals surface area contributed by atoms with Gasteiger partial charge in [0.1, 0.15) is 5.75 Å². The number of aromatic nitrogens is 3. The number of rotatable bonds is 5. The third-order valence-corrected chi connectivity index (χ3v) is 4.13. The molecule has 2 aromatic heterocycles. The normalized spacial score (nSPS) is 10.7. The number of nitrogens with one attached hydrogen (secondary N) is 1. The third kappa shape index (κ3) is 4.47. The first-order valence-corrected chi connectivity index (χ1v) is 8.78. The minimum absolute atomic E-state index is 0.0212. The van der Waals surface area contributed by atoms with E-state index < -0.39 is 0 Å². The van der Waals surface area contributed by atoms with E-state index >= 15 is 0 Å². The highest BCUT2D eigenvalue weighted by molar-refractivity contribution is 5.92. The number of ether oxygens (including phenoxy) is 1. The molecule has 1 aromatic carbocycles. The van der Waals surface area contributed by atoms with E-state index in [1.807, 2.05) is 39.8 Å². The number of benzene rings is 1. The molecule has 0 radical (unpaired) electrons. The predicted octanol–water partition coefficient (Wildman–Crippen LogP) is 4.54. The number of carbonyl (C=O) groups excluding carboxylic acids is 1. The Kier molecular flexibility index (Phi) is 5.45. The predicted molar refractivity (Wildman–Crippen MR) is 105 cm³/mol. The van der Waals surface area contributed by atoms with Crippen molar-refractivity contribution in [2.75, 3.05) is 5.32 Å². The van der Waals surface area contributed by atoms with Crippen LogP contribution in [0.25, 0.3) is 11.4 Å². The first-order valence-electron chi connectivity index (χ1n) is 8.78. The third-order valence-electron chi connectivity index (χ3n) is 4.13. The van der Waals surface area contributed by atoms with Crippen molar-refractivity contribution in [2.45, 2.75) is 27.7 Å². The first-order chi connectivity index (χ1) is 12.9. The van der Waals surface area contributed by atoms with Crippen LogP contribution in [0.4, 0.5) is 5.69 Å². The Bertz CT molecular complexity index is 938. The highest BCUT2D eigenvalue weighted by Gasteiger charge is 2.12. The fraction of sp³-hybridized carbons (Fsp3) is 0.238. The molecule has 1 N–H and O–H groups in total. The Morgan fingerprint density at radius 1 is 1.07 bits per heavy atom. The summed E-state index contributed by atoms with van der Waals surface area (Å²) in [5, 5.41) is 2.86. The molecule has 138 valence electrons. The maximum Gasteiger partial charge on any atom is 0.226 e. The van der Waals surface area contributed by atoms with Gasteiger partial charge in [-0.05, 0) is 50.2 Å². The van der Waals surface area contributed by atoms with Crippen LogP contribution in [-0.2, 0) is 4.79 Å². The fourth-order valence-electron chi connectivity index (χ4n) is 2.33. The molecule has 2 heterocycles. The molecule has 27 heavy (non-hydrogen) atoms. The molecule has 1 amide bonds. The molecule has 6 heteroatoms. The molecule has 0 aliphatic rings. The van der Waals surface area contributed by atoms with Gasteiger partial charge in [0.15, 0.2) is 5.82 Å². The molecule has 0 saturated heterocycles. The van der Waals surface area contributed by atoms with Crippen molar-refractivity contribution < 1.29 is 9.53 Å². The molecule has 0 fully saturated rings. The second kappa shape index (κ2) is 7.95. The zero-order chi connectivity index (χ0) is 19.4. The van der Waals surface area contributed by atoms with Crippen molar-refractivity contribution in [2.24, 2.45) is 5.92 Å². The summed E-state index contributed by atoms with van der Waals surface area (Å²) < 4.78 is 5.98. The van der Waals surface area contributed by atoms with E-state index in [0.717, 1.165) is 22.5 Å². The summed E-state index contributed by atoms with van der Waals surface area (Å²) in [6.07, 6.45) is 3.43. The number of amides is 1. The number of pyridine rings is 1. The van der Waals surface area contributed by atoms with E-state index in [9.17, 15) is 4.79 Å². The average molecular weight is 362 g/mol. The molecule has 0 bridgehead atoms. The van der Waals surface area contributed by atoms with Crippen LogP contribution in [0.5, 0.6) is 11.6 Å². The summed E-state index contributed by atoms with van der Waals surface area (Å²) in [6.45, 7) is 7.56. The molecule has 3 rings (SSSR count). The van der Waals surface area contributed by atoms with Gasteiger partial charge in [-0.1, -0.05) is 13.8 Å². The fourth-order valence-corrected chi connectivity index (χ4v) is 2.33. The van der Waals surface area contributed by atoms with Gasteiger partial charge >= 0.3 is 0 Å². The zero-order valence-corrected chi connectivity index (χ0v) is 15.9. The number of hydrogen-bond acceptors (Lipinski definition) is 5. The van der Waals surface area contributed by atoms with Crippen molar-refractivity contribution in [3.63, 3.8) is 0 Å². The van der Waals surface area contributed by atoms with Gasteiger partial charge in [0, 0.05) is 40.8 Å². The zero-order valence-electron chi connectivity index (χ0n) is 15.9. The van der Waals surface area contributed by atoms with Crippen LogP contribution in [0.3, 0.4) is 0 Å². The van der Waals surface area contributed by atoms with Crippen molar-refractivity contribution in [3.8, 4) is 23.0 Å². The maximum absolute atomic E-state index is 11.8. The van der Waals surface area contributed by atoms with Crippen molar-refractivity contribution in [1.29, 1.82) is 0 Å². The largest absolute Gasteiger partial charge is 0.439 e. The van der Waals surface area contributed by atoms with Gasteiger partial charge in [-0.2, -0.15) is 4.98 Å². The highest BCUT2D eigenvalue weighted by atomic mass is 16.5. The summed E-state index contributed by atoms with van der Waals surface area (Å²) in [7, 11) is 0. The van der Waals surface area contributed by atoms with Gasteiger partial charge in [0.05, 0.1) is 0 Å². The van der Waals surface area contributed by atoms with E-state index in [4.69, 9.17) is 4.74 Å². The van der Waals surface area contributed by atoms with E-state index in [2.05, 4.69) is 20.3 Å². The van der Waals surface area contributed by atoms with Gasteiger partial charge in [-0.15, -0.1) is 0 Å². The van der Waals surface area contributed by atoms with Crippen LogP contribution >= 0.6 is 0 Å². The molecule has 3 aromatic rings. The molecular formula is C21H22N4O2. The number of anilines is 1. The number of nitrogens with zero attached hydrogens (tertiary/aromatic N) is 3. The summed E-state index contributed by atoms with van der Waals surface area (Å²) in [5.74, 6) is 1.61. The highest BCUT2D eigenvalue weighted by Crippen LogP contribution is 2.28. The Morgan fingerprint density at radius 3 is 2.44 bits per heavy atom. The number of hydrogen-bond donors (Lipinski definition) is 1. The monoisotopic (exact) mass is 362 g/mol. The van der Waals surface area contributed by atoms with Crippen LogP contribution in [-0.4, -0.2) is 20.9 Å². The minimum atomic E-state index is -0.0709. The summed E-state index contributed by atoms with van der Waals surface area (Å²) in [5.41, 5.74) is 3.28. The number of aryl methyl sites for hydroxylation is 1. The Labute approximate surface area is 158 Å². The molecule has 6 nitrogen and oxygen atoms in total. The molecule has 0 aliphatic heterocycles. The smallest absolute Gasteiger partial charge is 0.226 e. The standard InChI is InChI=1S/C21H22N4O2/c1-13(2)20(26)24-17-7-9-18(10-8-17)27-21-14(3)15(4)23-19(25-21)16-6-5-11-22-12-16/h5-13H,1-4H3,(H,24,26). The van der Waals surface area contributed by atoms with Gasteiger partial charge in [0.2, 0.25) is 11.8 Å². The lowest BCUT2D eigenvalue weighted by Gasteiger charge is -2.12. The molecule has 0 aliphatic carbocycles. The van der Waals surface area contributed by atoms with Gasteiger partial charge in [-0.25, -0.2) is 4.98 Å². The van der Waals surface area contributed by atoms with Crippen molar-refractivity contribution in [3.05, 3.63) is 60.0 Å². The topological polar surface area (TPSA) is 77.0 Å². The number of carbonyl (C=O) groups is 1. The summed E-state index contributed by atoms with van der Waals surface area (Å²) >= 11 is 0. The molecule has 0 unspecified atom stereocenters. The van der Waals surface area contributed by atoms with Crippen LogP contribution in [0, 0.1) is 19.8 Å². The van der Waals surface area contributed by atoms with Gasteiger partial charge in [0.25, 0.3) is 0 Å². The van der Waals surface area contributed by atoms with Crippen molar-refractivity contribution in [1.82, 2.24) is 15.0 Å². The lowest BCUT2D eigenvalue weighted by atomic mass is 10.2. The Morgan fingerprint density at radius 2 is 1.81 bits per heavy atom. The van der Waals surface area contributed by atoms with E-state index in [-0.39, 0.29) is 11.8 Å². The average Bonchev–Trinajstić information content (AvgIpc) is 2.67. The second-order valence-corrected chi connectivity index (χ2v) is 6.57. The van der Waals surface area contributed by atoms with E-state index in [1.54, 1.807) is 36.7 Å². The Hall–Kier alpha value is -3.28. The lowest BCUT2D eigenvalue weighted by Crippen LogP contribution is -2.17. The van der Waals surface area contributed by atoms with E-state index in [1.165, 1.54) is 0 Å². The minimum Gasteiger partial charge on any atom is -0.439 e. The van der Waals surface area contributed by atoms with Crippen LogP contribution in [0.1, 0.15) is 25.1 Å². The quantitative estimate of drug-likeness (QED) is 0.721. The van der Waals surface area contributed by atoms with Gasteiger partial charge < -0.3 is 10.1 Å². The molecular weight excluding hydrogens is 340 g/mol. The maximum atomic E-state index is 11.8. The van der Waals surface area contributed by atoms with Crippen molar-refractivity contribution >= 4 is 11.6 Å². The molecule has 0 spiro atoms. The first kappa shape index (κ1) is 18.5. The molecule has 0 saturated carbocycles. The SMILES string of the molecule is Cc1nc(-c2cccnc2)nc(Oc2ccc(NC(=O)C(C)C)cc2)c1C. The summed E-state index contributed by atoms with van der Waals surface area (Å²) in [6, 6.07) is 11.0. The van der Waals surface area contributed by atoms with Crippen LogP contribution in [0.2, 0.25) is 0 Å². The molecule has 0 atom stereocenters. The van der Waals surface area contributed by atoms with Gasteiger partial charge in [-0.3, -0.25) is 9.78 Å². The van der Waals surface area contributed by atoms with E-state index in [0.29, 0.717) is 17.5 Å². The van der Waals surface area contributed by atoms with Crippen LogP contribution in [0.15, 0.2) is 48.8 Å². The second-order valence-electron chi connectivity index (χ2n) is 6.57. The lowest BCUT2D eigenvalue weighted by molar-refractivity contribution is -0.118.